The highest BCUT2D eigenvalue weighted by molar-refractivity contribution is 6.37. The molecule has 2 aromatic heterocycles. The van der Waals surface area contributed by atoms with Crippen LogP contribution in [0.25, 0.3) is 0 Å². The fourth-order valence-electron chi connectivity index (χ4n) is 2.90. The lowest BCUT2D eigenvalue weighted by atomic mass is 9.96. The standard InChI is InChI=1S/C9H12Cl2N2.C6H5Cl2NO.C6H12O2.C4H2Cl2N2/c1-3-6(4-2)7-5-8(10)12-13-9(7)11;7-4-1-3(9)2-5(8)6(4)10;1-3-5(4-2)6(7)8;5-3-1-2-4(6)8-7-3/h5-6H,3-4H2,1-2H3;1-2,10H,9H2;5H,3-4H2,1-2H3,(H,7,8);1-2H. The zero-order valence-electron chi connectivity index (χ0n) is 21.8. The summed E-state index contributed by atoms with van der Waals surface area (Å²) in [5, 5.41) is 33.7. The molecule has 216 valence electrons. The summed E-state index contributed by atoms with van der Waals surface area (Å²) in [5.74, 6) is -0.497. The molecular weight excluding hydrogens is 631 g/mol. The number of aliphatic carboxylic acids is 1. The summed E-state index contributed by atoms with van der Waals surface area (Å²) in [5.41, 5.74) is 6.79. The number of phenolic OH excluding ortho intramolecular Hbond substituents is 1. The second kappa shape index (κ2) is 20.1. The van der Waals surface area contributed by atoms with E-state index in [4.69, 9.17) is 85.6 Å². The number of halogens is 6. The van der Waals surface area contributed by atoms with E-state index in [1.807, 2.05) is 13.8 Å². The molecule has 0 aliphatic heterocycles. The van der Waals surface area contributed by atoms with Crippen LogP contribution in [0.2, 0.25) is 30.7 Å². The van der Waals surface area contributed by atoms with Crippen LogP contribution in [0, 0.1) is 5.92 Å². The number of carbonyl (C=O) groups is 1. The van der Waals surface area contributed by atoms with Crippen molar-refractivity contribution in [3.8, 4) is 5.75 Å². The normalized spacial score (nSPS) is 10.1. The van der Waals surface area contributed by atoms with E-state index in [0.717, 1.165) is 31.2 Å². The summed E-state index contributed by atoms with van der Waals surface area (Å²) in [6.45, 7) is 8.03. The maximum Gasteiger partial charge on any atom is 0.306 e. The number of rotatable bonds is 6. The molecule has 0 unspecified atom stereocenters. The van der Waals surface area contributed by atoms with Crippen LogP contribution in [0.5, 0.6) is 5.75 Å². The highest BCUT2D eigenvalue weighted by atomic mass is 35.5. The van der Waals surface area contributed by atoms with Crippen LogP contribution in [0.3, 0.4) is 0 Å². The zero-order chi connectivity index (χ0) is 30.1. The summed E-state index contributed by atoms with van der Waals surface area (Å²) >= 11 is 33.4. The van der Waals surface area contributed by atoms with Gasteiger partial charge in [-0.3, -0.25) is 4.79 Å². The molecule has 8 nitrogen and oxygen atoms in total. The minimum absolute atomic E-state index is 0.127. The first-order valence-corrected chi connectivity index (χ1v) is 14.1. The first-order chi connectivity index (χ1) is 18.3. The van der Waals surface area contributed by atoms with Gasteiger partial charge in [0, 0.05) is 5.69 Å². The van der Waals surface area contributed by atoms with E-state index in [9.17, 15) is 4.79 Å². The van der Waals surface area contributed by atoms with Gasteiger partial charge in [-0.15, -0.1) is 20.4 Å². The first kappa shape index (κ1) is 37.2. The molecule has 14 heteroatoms. The van der Waals surface area contributed by atoms with Crippen LogP contribution in [-0.2, 0) is 4.79 Å². The summed E-state index contributed by atoms with van der Waals surface area (Å²) in [4.78, 5) is 10.2. The molecule has 0 saturated heterocycles. The van der Waals surface area contributed by atoms with Gasteiger partial charge in [-0.1, -0.05) is 97.3 Å². The van der Waals surface area contributed by atoms with Gasteiger partial charge in [0.05, 0.1) is 16.0 Å². The van der Waals surface area contributed by atoms with Crippen molar-refractivity contribution in [1.82, 2.24) is 20.4 Å². The van der Waals surface area contributed by atoms with Gasteiger partial charge in [0.1, 0.15) is 0 Å². The van der Waals surface area contributed by atoms with Gasteiger partial charge in [0.15, 0.2) is 26.4 Å². The average Bonchev–Trinajstić information content (AvgIpc) is 2.89. The second-order valence-corrected chi connectivity index (χ2v) is 10.1. The lowest BCUT2D eigenvalue weighted by molar-refractivity contribution is -0.141. The quantitative estimate of drug-likeness (QED) is 0.176. The highest BCUT2D eigenvalue weighted by Crippen LogP contribution is 2.33. The van der Waals surface area contributed by atoms with Crippen molar-refractivity contribution in [3.05, 3.63) is 66.6 Å². The molecule has 39 heavy (non-hydrogen) atoms. The number of hydrogen-bond donors (Lipinski definition) is 3. The molecule has 0 bridgehead atoms. The number of nitrogen functional groups attached to an aromatic ring is 1. The third kappa shape index (κ3) is 15.0. The molecule has 3 rings (SSSR count). The Morgan fingerprint density at radius 1 is 0.769 bits per heavy atom. The molecule has 0 saturated carbocycles. The van der Waals surface area contributed by atoms with E-state index in [1.54, 1.807) is 18.2 Å². The van der Waals surface area contributed by atoms with Gasteiger partial charge in [-0.05, 0) is 67.5 Å². The van der Waals surface area contributed by atoms with Gasteiger partial charge in [-0.2, -0.15) is 0 Å². The largest absolute Gasteiger partial charge is 0.505 e. The number of hydrogen-bond acceptors (Lipinski definition) is 7. The number of aromatic hydroxyl groups is 1. The Labute approximate surface area is 258 Å². The highest BCUT2D eigenvalue weighted by Gasteiger charge is 2.13. The van der Waals surface area contributed by atoms with Crippen LogP contribution in [0.1, 0.15) is 64.9 Å². The Bertz CT molecular complexity index is 1100. The van der Waals surface area contributed by atoms with Crippen molar-refractivity contribution in [1.29, 1.82) is 0 Å². The number of carboxylic acids is 1. The monoisotopic (exact) mass is 659 g/mol. The minimum Gasteiger partial charge on any atom is -0.505 e. The number of anilines is 1. The molecular formula is C25H31Cl6N5O3. The van der Waals surface area contributed by atoms with Gasteiger partial charge in [-0.25, -0.2) is 0 Å². The molecule has 0 atom stereocenters. The van der Waals surface area contributed by atoms with E-state index in [0.29, 0.717) is 32.2 Å². The number of phenols is 1. The maximum absolute atomic E-state index is 10.2. The molecule has 4 N–H and O–H groups in total. The van der Waals surface area contributed by atoms with Gasteiger partial charge < -0.3 is 15.9 Å². The summed E-state index contributed by atoms with van der Waals surface area (Å²) in [6.07, 6.45) is 3.56. The molecule has 0 aliphatic carbocycles. The minimum atomic E-state index is -0.671. The van der Waals surface area contributed by atoms with E-state index >= 15 is 0 Å². The van der Waals surface area contributed by atoms with Crippen molar-refractivity contribution in [2.24, 2.45) is 5.92 Å². The number of carboxylic acid groups (broad SMARTS) is 1. The number of nitrogens with zero attached hydrogens (tertiary/aromatic N) is 4. The van der Waals surface area contributed by atoms with Crippen molar-refractivity contribution >= 4 is 81.3 Å². The average molecular weight is 662 g/mol. The van der Waals surface area contributed by atoms with Crippen LogP contribution < -0.4 is 5.73 Å². The molecule has 2 heterocycles. The molecule has 0 radical (unpaired) electrons. The second-order valence-electron chi connectivity index (χ2n) is 7.79. The molecule has 0 fully saturated rings. The first-order valence-electron chi connectivity index (χ1n) is 11.8. The fourth-order valence-corrected chi connectivity index (χ4v) is 4.01. The molecule has 3 aromatic rings. The van der Waals surface area contributed by atoms with Crippen molar-refractivity contribution < 1.29 is 15.0 Å². The van der Waals surface area contributed by atoms with Gasteiger partial charge in [0.2, 0.25) is 0 Å². The number of aromatic nitrogens is 4. The smallest absolute Gasteiger partial charge is 0.306 e. The third-order valence-corrected chi connectivity index (χ3v) is 6.60. The lowest BCUT2D eigenvalue weighted by Gasteiger charge is -2.12. The van der Waals surface area contributed by atoms with Crippen LogP contribution in [-0.4, -0.2) is 36.6 Å². The topological polar surface area (TPSA) is 135 Å². The molecule has 1 aromatic carbocycles. The molecule has 0 spiro atoms. The summed E-state index contributed by atoms with van der Waals surface area (Å²) < 4.78 is 0. The predicted molar refractivity (Wildman–Crippen MR) is 162 cm³/mol. The van der Waals surface area contributed by atoms with Crippen molar-refractivity contribution in [3.63, 3.8) is 0 Å². The van der Waals surface area contributed by atoms with Crippen LogP contribution >= 0.6 is 69.6 Å². The van der Waals surface area contributed by atoms with E-state index in [-0.39, 0.29) is 21.7 Å². The maximum atomic E-state index is 10.2. The summed E-state index contributed by atoms with van der Waals surface area (Å²) in [6, 6.07) is 7.83. The van der Waals surface area contributed by atoms with Gasteiger partial charge >= 0.3 is 5.97 Å². The third-order valence-electron chi connectivity index (χ3n) is 5.15. The van der Waals surface area contributed by atoms with E-state index in [2.05, 4.69) is 34.2 Å². The SMILES string of the molecule is CCC(CC)C(=O)O.CCC(CC)c1cc(Cl)nnc1Cl.Clc1ccc(Cl)nn1.Nc1cc(Cl)c(O)c(Cl)c1. The van der Waals surface area contributed by atoms with E-state index < -0.39 is 5.97 Å². The Hall–Kier alpha value is -1.81. The Kier molecular flexibility index (Phi) is 19.2. The van der Waals surface area contributed by atoms with Crippen LogP contribution in [0.15, 0.2) is 30.3 Å². The van der Waals surface area contributed by atoms with E-state index in [1.165, 1.54) is 12.1 Å². The molecule has 0 amide bonds. The van der Waals surface area contributed by atoms with Crippen molar-refractivity contribution in [2.45, 2.75) is 59.3 Å². The van der Waals surface area contributed by atoms with Gasteiger partial charge in [0.25, 0.3) is 0 Å². The molecule has 0 aliphatic rings. The summed E-state index contributed by atoms with van der Waals surface area (Å²) in [7, 11) is 0. The Balaban J connectivity index is 0.000000505. The zero-order valence-corrected chi connectivity index (χ0v) is 26.3. The number of benzene rings is 1. The number of nitrogens with two attached hydrogens (primary N) is 1. The Morgan fingerprint density at radius 3 is 1.54 bits per heavy atom. The Morgan fingerprint density at radius 2 is 1.21 bits per heavy atom. The van der Waals surface area contributed by atoms with Crippen molar-refractivity contribution in [2.75, 3.05) is 5.73 Å². The lowest BCUT2D eigenvalue weighted by Crippen LogP contribution is -2.10. The predicted octanol–water partition coefficient (Wildman–Crippen LogP) is 9.26. The fraction of sp³-hybridized carbons (Fsp3) is 0.400. The van der Waals surface area contributed by atoms with Crippen LogP contribution in [0.4, 0.5) is 5.69 Å².